The first kappa shape index (κ1) is 12.7. The Hall–Kier alpha value is -0.770. The number of rotatable bonds is 3. The molecule has 1 aliphatic rings. The molecule has 17 heavy (non-hydrogen) atoms. The van der Waals surface area contributed by atoms with Gasteiger partial charge in [0, 0.05) is 23.2 Å². The van der Waals surface area contributed by atoms with Crippen LogP contribution < -0.4 is 10.5 Å². The molecule has 3 nitrogen and oxygen atoms in total. The number of ether oxygens (including phenoxy) is 1. The number of hydrogen-bond donors (Lipinski definition) is 1. The van der Waals surface area contributed by atoms with Gasteiger partial charge in [0.05, 0.1) is 7.11 Å². The van der Waals surface area contributed by atoms with Crippen molar-refractivity contribution in [3.8, 4) is 5.75 Å². The zero-order chi connectivity index (χ0) is 12.3. The van der Waals surface area contributed by atoms with Gasteiger partial charge in [0.1, 0.15) is 5.75 Å². The molecular weight excluding hydrogens is 236 g/mol. The second-order valence-electron chi connectivity index (χ2n) is 4.53. The molecule has 1 heterocycles. The quantitative estimate of drug-likeness (QED) is 0.899. The first-order valence-corrected chi connectivity index (χ1v) is 6.38. The number of hydrogen-bond acceptors (Lipinski definition) is 3. The molecule has 0 bridgehead atoms. The molecule has 0 saturated carbocycles. The molecule has 2 rings (SSSR count). The molecule has 0 amide bonds. The van der Waals surface area contributed by atoms with Crippen molar-refractivity contribution >= 4 is 11.6 Å². The first-order valence-electron chi connectivity index (χ1n) is 6.00. The van der Waals surface area contributed by atoms with Gasteiger partial charge < -0.3 is 10.5 Å². The number of benzene rings is 1. The van der Waals surface area contributed by atoms with E-state index in [1.165, 1.54) is 0 Å². The molecule has 0 radical (unpaired) electrons. The van der Waals surface area contributed by atoms with Crippen molar-refractivity contribution in [3.63, 3.8) is 0 Å². The Kier molecular flexibility index (Phi) is 4.26. The number of nitrogens with zero attached hydrogens (tertiary/aromatic N) is 1. The molecule has 4 heteroatoms. The number of likely N-dealkylation sites (tertiary alicyclic amines) is 1. The Morgan fingerprint density at radius 3 is 2.76 bits per heavy atom. The molecule has 2 N–H and O–H groups in total. The molecule has 0 spiro atoms. The van der Waals surface area contributed by atoms with Crippen molar-refractivity contribution in [3.05, 3.63) is 28.8 Å². The van der Waals surface area contributed by atoms with Crippen molar-refractivity contribution in [2.24, 2.45) is 5.73 Å². The lowest BCUT2D eigenvalue weighted by Gasteiger charge is -2.30. The molecule has 1 fully saturated rings. The topological polar surface area (TPSA) is 38.5 Å². The van der Waals surface area contributed by atoms with Gasteiger partial charge in [0.15, 0.2) is 0 Å². The van der Waals surface area contributed by atoms with E-state index in [0.717, 1.165) is 48.8 Å². The summed E-state index contributed by atoms with van der Waals surface area (Å²) < 4.78 is 5.35. The van der Waals surface area contributed by atoms with E-state index in [9.17, 15) is 0 Å². The maximum Gasteiger partial charge on any atom is 0.124 e. The smallest absolute Gasteiger partial charge is 0.124 e. The maximum atomic E-state index is 6.22. The second-order valence-corrected chi connectivity index (χ2v) is 4.94. The van der Waals surface area contributed by atoms with E-state index in [0.29, 0.717) is 6.04 Å². The molecule has 0 atom stereocenters. The van der Waals surface area contributed by atoms with E-state index in [4.69, 9.17) is 22.1 Å². The SMILES string of the molecule is COc1cccc(Cl)c1CN1CCC(N)CC1. The van der Waals surface area contributed by atoms with Crippen LogP contribution in [0.1, 0.15) is 18.4 Å². The van der Waals surface area contributed by atoms with Gasteiger partial charge in [0.25, 0.3) is 0 Å². The van der Waals surface area contributed by atoms with Crippen molar-refractivity contribution < 1.29 is 4.74 Å². The van der Waals surface area contributed by atoms with Crippen LogP contribution in [-0.4, -0.2) is 31.1 Å². The fourth-order valence-electron chi connectivity index (χ4n) is 2.22. The highest BCUT2D eigenvalue weighted by Crippen LogP contribution is 2.28. The van der Waals surface area contributed by atoms with Crippen LogP contribution in [0, 0.1) is 0 Å². The lowest BCUT2D eigenvalue weighted by molar-refractivity contribution is 0.203. The summed E-state index contributed by atoms with van der Waals surface area (Å²) in [5, 5.41) is 0.777. The van der Waals surface area contributed by atoms with Crippen molar-refractivity contribution in [1.29, 1.82) is 0 Å². The summed E-state index contributed by atoms with van der Waals surface area (Å²) in [7, 11) is 1.68. The largest absolute Gasteiger partial charge is 0.496 e. The van der Waals surface area contributed by atoms with Crippen LogP contribution in [0.5, 0.6) is 5.75 Å². The summed E-state index contributed by atoms with van der Waals surface area (Å²) in [4.78, 5) is 2.38. The molecule has 0 aromatic heterocycles. The third-order valence-corrected chi connectivity index (χ3v) is 3.66. The zero-order valence-electron chi connectivity index (χ0n) is 10.2. The fraction of sp³-hybridized carbons (Fsp3) is 0.538. The molecule has 1 aromatic carbocycles. The van der Waals surface area contributed by atoms with Gasteiger partial charge in [-0.2, -0.15) is 0 Å². The maximum absolute atomic E-state index is 6.22. The van der Waals surface area contributed by atoms with E-state index in [-0.39, 0.29) is 0 Å². The lowest BCUT2D eigenvalue weighted by Crippen LogP contribution is -2.39. The predicted octanol–water partition coefficient (Wildman–Crippen LogP) is 2.27. The van der Waals surface area contributed by atoms with E-state index in [1.807, 2.05) is 18.2 Å². The Balaban J connectivity index is 2.07. The van der Waals surface area contributed by atoms with E-state index < -0.39 is 0 Å². The third kappa shape index (κ3) is 3.12. The van der Waals surface area contributed by atoms with Gasteiger partial charge in [-0.1, -0.05) is 17.7 Å². The van der Waals surface area contributed by atoms with Gasteiger partial charge in [-0.25, -0.2) is 0 Å². The summed E-state index contributed by atoms with van der Waals surface area (Å²) in [6.45, 7) is 2.92. The Bertz CT molecular complexity index is 376. The van der Waals surface area contributed by atoms with Gasteiger partial charge in [-0.15, -0.1) is 0 Å². The monoisotopic (exact) mass is 254 g/mol. The molecule has 0 aliphatic carbocycles. The molecule has 94 valence electrons. The van der Waals surface area contributed by atoms with Crippen LogP contribution in [0.25, 0.3) is 0 Å². The molecule has 1 aliphatic heterocycles. The summed E-state index contributed by atoms with van der Waals surface area (Å²) >= 11 is 6.22. The first-order chi connectivity index (χ1) is 8.20. The minimum absolute atomic E-state index is 0.361. The molecular formula is C13H19ClN2O. The minimum Gasteiger partial charge on any atom is -0.496 e. The van der Waals surface area contributed by atoms with Gasteiger partial charge in [-0.05, 0) is 38.1 Å². The fourth-order valence-corrected chi connectivity index (χ4v) is 2.44. The molecule has 1 saturated heterocycles. The standard InChI is InChI=1S/C13H19ClN2O/c1-17-13-4-2-3-12(14)11(13)9-16-7-5-10(15)6-8-16/h2-4,10H,5-9,15H2,1H3. The number of piperidine rings is 1. The average Bonchev–Trinajstić information content (AvgIpc) is 2.34. The third-order valence-electron chi connectivity index (χ3n) is 3.31. The van der Waals surface area contributed by atoms with Crippen molar-refractivity contribution in [2.75, 3.05) is 20.2 Å². The summed E-state index contributed by atoms with van der Waals surface area (Å²) in [5.41, 5.74) is 6.97. The Labute approximate surface area is 107 Å². The second kappa shape index (κ2) is 5.71. The van der Waals surface area contributed by atoms with Crippen molar-refractivity contribution in [1.82, 2.24) is 4.90 Å². The molecule has 1 aromatic rings. The Morgan fingerprint density at radius 2 is 2.12 bits per heavy atom. The highest BCUT2D eigenvalue weighted by atomic mass is 35.5. The number of methoxy groups -OCH3 is 1. The highest BCUT2D eigenvalue weighted by molar-refractivity contribution is 6.31. The van der Waals surface area contributed by atoms with E-state index in [2.05, 4.69) is 4.90 Å². The zero-order valence-corrected chi connectivity index (χ0v) is 10.9. The van der Waals surface area contributed by atoms with Gasteiger partial charge in [0.2, 0.25) is 0 Å². The lowest BCUT2D eigenvalue weighted by atomic mass is 10.1. The molecule has 0 unspecified atom stereocenters. The van der Waals surface area contributed by atoms with Gasteiger partial charge in [-0.3, -0.25) is 4.90 Å². The van der Waals surface area contributed by atoms with Crippen LogP contribution in [0.3, 0.4) is 0 Å². The average molecular weight is 255 g/mol. The summed E-state index contributed by atoms with van der Waals surface area (Å²) in [5.74, 6) is 0.868. The normalized spacial score (nSPS) is 18.3. The highest BCUT2D eigenvalue weighted by Gasteiger charge is 2.18. The van der Waals surface area contributed by atoms with Crippen LogP contribution in [0.4, 0.5) is 0 Å². The number of halogens is 1. The van der Waals surface area contributed by atoms with Crippen molar-refractivity contribution in [2.45, 2.75) is 25.4 Å². The Morgan fingerprint density at radius 1 is 1.41 bits per heavy atom. The van der Waals surface area contributed by atoms with Crippen LogP contribution >= 0.6 is 11.6 Å². The number of nitrogens with two attached hydrogens (primary N) is 1. The van der Waals surface area contributed by atoms with Crippen LogP contribution in [0.15, 0.2) is 18.2 Å². The predicted molar refractivity (Wildman–Crippen MR) is 70.5 cm³/mol. The van der Waals surface area contributed by atoms with E-state index >= 15 is 0 Å². The summed E-state index contributed by atoms with van der Waals surface area (Å²) in [6.07, 6.45) is 2.12. The van der Waals surface area contributed by atoms with Crippen LogP contribution in [-0.2, 0) is 6.54 Å². The van der Waals surface area contributed by atoms with E-state index in [1.54, 1.807) is 7.11 Å². The van der Waals surface area contributed by atoms with Crippen LogP contribution in [0.2, 0.25) is 5.02 Å². The minimum atomic E-state index is 0.361. The van der Waals surface area contributed by atoms with Gasteiger partial charge >= 0.3 is 0 Å². The summed E-state index contributed by atoms with van der Waals surface area (Å²) in [6, 6.07) is 6.14.